The van der Waals surface area contributed by atoms with Crippen molar-refractivity contribution in [1.82, 2.24) is 10.2 Å². The Kier molecular flexibility index (Phi) is 10.2. The van der Waals surface area contributed by atoms with Crippen LogP contribution in [0.4, 0.5) is 17.6 Å². The Morgan fingerprint density at radius 3 is 2.14 bits per heavy atom. The van der Waals surface area contributed by atoms with Crippen molar-refractivity contribution < 1.29 is 42.0 Å². The van der Waals surface area contributed by atoms with Crippen molar-refractivity contribution >= 4 is 0 Å². The van der Waals surface area contributed by atoms with Crippen LogP contribution in [-0.4, -0.2) is 79.9 Å². The Morgan fingerprint density at radius 2 is 1.53 bits per heavy atom. The van der Waals surface area contributed by atoms with Gasteiger partial charge in [-0.1, -0.05) is 0 Å². The molecule has 1 heterocycles. The van der Waals surface area contributed by atoms with Gasteiger partial charge in [-0.05, 0) is 62.3 Å². The van der Waals surface area contributed by atoms with Crippen LogP contribution in [-0.2, 0) is 6.18 Å². The molecule has 0 amide bonds. The lowest BCUT2D eigenvalue weighted by Crippen LogP contribution is -2.47. The van der Waals surface area contributed by atoms with Gasteiger partial charge in [-0.15, -0.1) is 0 Å². The average molecular weight is 517 g/mol. The van der Waals surface area contributed by atoms with Crippen molar-refractivity contribution in [3.8, 4) is 17.2 Å². The second-order valence-electron chi connectivity index (χ2n) is 8.73. The number of aliphatic hydroxyl groups is 2. The van der Waals surface area contributed by atoms with Crippen molar-refractivity contribution in [3.63, 3.8) is 0 Å². The highest BCUT2D eigenvalue weighted by Crippen LogP contribution is 2.32. The van der Waals surface area contributed by atoms with E-state index in [0.29, 0.717) is 31.0 Å². The van der Waals surface area contributed by atoms with Gasteiger partial charge in [-0.25, -0.2) is 4.39 Å². The molecule has 2 aromatic rings. The topological polar surface area (TPSA) is 83.4 Å². The highest BCUT2D eigenvalue weighted by molar-refractivity contribution is 5.31. The van der Waals surface area contributed by atoms with Gasteiger partial charge >= 0.3 is 6.18 Å². The molecule has 3 N–H and O–H groups in total. The smallest absolute Gasteiger partial charge is 0.419 e. The summed E-state index contributed by atoms with van der Waals surface area (Å²) in [4.78, 5) is 2.06. The average Bonchev–Trinajstić information content (AvgIpc) is 2.85. The molecule has 11 heteroatoms. The molecule has 0 unspecified atom stereocenters. The lowest BCUT2D eigenvalue weighted by molar-refractivity contribution is -0.140. The van der Waals surface area contributed by atoms with Crippen LogP contribution in [0.3, 0.4) is 0 Å². The minimum absolute atomic E-state index is 0.0722. The predicted octanol–water partition coefficient (Wildman–Crippen LogP) is 3.09. The van der Waals surface area contributed by atoms with Gasteiger partial charge in [0, 0.05) is 25.2 Å². The van der Waals surface area contributed by atoms with E-state index < -0.39 is 29.8 Å². The summed E-state index contributed by atoms with van der Waals surface area (Å²) in [5.74, 6) is -0.113. The van der Waals surface area contributed by atoms with Gasteiger partial charge in [-0.3, -0.25) is 0 Å². The quantitative estimate of drug-likeness (QED) is 0.374. The Morgan fingerprint density at radius 1 is 0.944 bits per heavy atom. The molecule has 36 heavy (non-hydrogen) atoms. The molecule has 1 aliphatic heterocycles. The second-order valence-corrected chi connectivity index (χ2v) is 8.73. The van der Waals surface area contributed by atoms with Gasteiger partial charge in [0.15, 0.2) is 0 Å². The van der Waals surface area contributed by atoms with Crippen LogP contribution >= 0.6 is 0 Å². The number of halogens is 4. The van der Waals surface area contributed by atoms with Crippen molar-refractivity contribution in [2.45, 2.75) is 37.3 Å². The Balaban J connectivity index is 1.30. The molecule has 3 rings (SSSR count). The molecule has 0 aromatic heterocycles. The highest BCUT2D eigenvalue weighted by Gasteiger charge is 2.34. The summed E-state index contributed by atoms with van der Waals surface area (Å²) in [5.41, 5.74) is -1.36. The Bertz CT molecular complexity index is 937. The van der Waals surface area contributed by atoms with Crippen LogP contribution in [0, 0.1) is 5.82 Å². The van der Waals surface area contributed by atoms with Crippen LogP contribution in [0.5, 0.6) is 17.2 Å². The normalized spacial score (nSPS) is 17.0. The van der Waals surface area contributed by atoms with Crippen molar-refractivity contribution in [2.75, 3.05) is 46.5 Å². The molecule has 1 aliphatic rings. The number of likely N-dealkylation sites (tertiary alicyclic amines) is 1. The third kappa shape index (κ3) is 8.81. The molecular formula is C25H32F4N2O5. The van der Waals surface area contributed by atoms with E-state index in [4.69, 9.17) is 14.2 Å². The Labute approximate surface area is 207 Å². The van der Waals surface area contributed by atoms with E-state index in [1.165, 1.54) is 0 Å². The summed E-state index contributed by atoms with van der Waals surface area (Å²) in [5, 5.41) is 23.8. The van der Waals surface area contributed by atoms with Crippen molar-refractivity contribution in [3.05, 3.63) is 53.8 Å². The van der Waals surface area contributed by atoms with Gasteiger partial charge < -0.3 is 34.6 Å². The fourth-order valence-corrected chi connectivity index (χ4v) is 3.90. The predicted molar refractivity (Wildman–Crippen MR) is 125 cm³/mol. The van der Waals surface area contributed by atoms with E-state index in [1.54, 1.807) is 31.4 Å². The van der Waals surface area contributed by atoms with Gasteiger partial charge in [0.1, 0.15) is 48.5 Å². The summed E-state index contributed by atoms with van der Waals surface area (Å²) in [7, 11) is 1.59. The largest absolute Gasteiger partial charge is 0.497 e. The zero-order valence-electron chi connectivity index (χ0n) is 20.0. The van der Waals surface area contributed by atoms with Gasteiger partial charge in [0.25, 0.3) is 0 Å². The van der Waals surface area contributed by atoms with Crippen LogP contribution < -0.4 is 19.5 Å². The van der Waals surface area contributed by atoms with Gasteiger partial charge in [0.2, 0.25) is 0 Å². The number of hydrogen-bond acceptors (Lipinski definition) is 7. The van der Waals surface area contributed by atoms with E-state index in [-0.39, 0.29) is 25.0 Å². The molecule has 0 bridgehead atoms. The molecule has 200 valence electrons. The van der Waals surface area contributed by atoms with Crippen molar-refractivity contribution in [2.24, 2.45) is 0 Å². The third-order valence-corrected chi connectivity index (χ3v) is 5.89. The van der Waals surface area contributed by atoms with Crippen molar-refractivity contribution in [1.29, 1.82) is 0 Å². The maximum absolute atomic E-state index is 13.6. The fraction of sp³-hybridized carbons (Fsp3) is 0.520. The number of β-amino-alcohol motifs (C(OH)–C–C–N with tert-alkyl or cyclic N) is 1. The molecule has 7 nitrogen and oxygen atoms in total. The first-order valence-electron chi connectivity index (χ1n) is 11.7. The number of methoxy groups -OCH3 is 1. The summed E-state index contributed by atoms with van der Waals surface area (Å²) in [6, 6.07) is 9.66. The standard InChI is InChI=1S/C25H32F4N2O5/c1-34-20-2-4-21(5-3-20)35-15-18(32)13-30-17-8-10-31(11-9-17)14-19(33)16-36-22-6-7-23(24(26)12-22)25(27,28)29/h2-7,12,17-19,30,32-33H,8-11,13-16H2,1H3/t18-,19+/m1/s1. The van der Waals surface area contributed by atoms with Gasteiger partial charge in [-0.2, -0.15) is 13.2 Å². The number of nitrogens with zero attached hydrogens (tertiary/aromatic N) is 1. The van der Waals surface area contributed by atoms with Gasteiger partial charge in [0.05, 0.1) is 12.7 Å². The number of hydrogen-bond donors (Lipinski definition) is 3. The lowest BCUT2D eigenvalue weighted by Gasteiger charge is -2.33. The van der Waals surface area contributed by atoms with E-state index in [1.807, 2.05) is 0 Å². The third-order valence-electron chi connectivity index (χ3n) is 5.89. The zero-order valence-corrected chi connectivity index (χ0v) is 20.0. The number of alkyl halides is 3. The molecule has 2 aromatic carbocycles. The van der Waals surface area contributed by atoms with Crippen LogP contribution in [0.25, 0.3) is 0 Å². The maximum atomic E-state index is 13.6. The summed E-state index contributed by atoms with van der Waals surface area (Å²) >= 11 is 0. The molecule has 0 spiro atoms. The number of piperidine rings is 1. The lowest BCUT2D eigenvalue weighted by atomic mass is 10.0. The minimum Gasteiger partial charge on any atom is -0.497 e. The number of nitrogens with one attached hydrogen (secondary N) is 1. The van der Waals surface area contributed by atoms with E-state index >= 15 is 0 Å². The first kappa shape index (κ1) is 28.0. The Hall–Kier alpha value is -2.60. The number of benzene rings is 2. The maximum Gasteiger partial charge on any atom is 0.419 e. The number of ether oxygens (including phenoxy) is 3. The highest BCUT2D eigenvalue weighted by atomic mass is 19.4. The first-order valence-corrected chi connectivity index (χ1v) is 11.7. The SMILES string of the molecule is COc1ccc(OC[C@H](O)CNC2CCN(C[C@H](O)COc3ccc(C(F)(F)F)c(F)c3)CC2)cc1. The molecular weight excluding hydrogens is 484 g/mol. The summed E-state index contributed by atoms with van der Waals surface area (Å²) in [6.45, 7) is 2.16. The van der Waals surface area contributed by atoms with Crippen LogP contribution in [0.1, 0.15) is 18.4 Å². The van der Waals surface area contributed by atoms with E-state index in [9.17, 15) is 27.8 Å². The van der Waals surface area contributed by atoms with E-state index in [0.717, 1.165) is 37.7 Å². The molecule has 2 atom stereocenters. The molecule has 0 saturated carbocycles. The van der Waals surface area contributed by atoms with Crippen LogP contribution in [0.15, 0.2) is 42.5 Å². The molecule has 0 aliphatic carbocycles. The number of rotatable bonds is 12. The summed E-state index contributed by atoms with van der Waals surface area (Å²) < 4.78 is 67.5. The first-order chi connectivity index (χ1) is 17.1. The number of aliphatic hydroxyl groups excluding tert-OH is 2. The fourth-order valence-electron chi connectivity index (χ4n) is 3.90. The zero-order chi connectivity index (χ0) is 26.1. The summed E-state index contributed by atoms with van der Waals surface area (Å²) in [6.07, 6.45) is -4.67. The van der Waals surface area contributed by atoms with Crippen LogP contribution in [0.2, 0.25) is 0 Å². The molecule has 1 saturated heterocycles. The van der Waals surface area contributed by atoms with E-state index in [2.05, 4.69) is 10.2 Å². The minimum atomic E-state index is -4.77. The molecule has 1 fully saturated rings. The molecule has 0 radical (unpaired) electrons. The monoisotopic (exact) mass is 516 g/mol. The second kappa shape index (κ2) is 13.1.